The standard InChI is InChI=1S/C17H25NO.ClH/c1-2-11-17(19,16-9-5-3-6-10-16)12-15-18-13-7-4-8-14-18;/h2-3,5-6,9-10,19H,1,4,7-8,11-15H2;1H/p-1. The Bertz CT molecular complexity index is 389. The maximum absolute atomic E-state index is 10.9. The first-order valence-electron chi connectivity index (χ1n) is 7.36. The molecule has 20 heavy (non-hydrogen) atoms. The van der Waals surface area contributed by atoms with Crippen molar-refractivity contribution in [2.45, 2.75) is 37.7 Å². The van der Waals surface area contributed by atoms with E-state index in [1.165, 1.54) is 32.4 Å². The van der Waals surface area contributed by atoms with Crippen LogP contribution in [0.1, 0.15) is 37.7 Å². The van der Waals surface area contributed by atoms with Crippen LogP contribution in [0.3, 0.4) is 0 Å². The van der Waals surface area contributed by atoms with E-state index in [0.717, 1.165) is 18.5 Å². The van der Waals surface area contributed by atoms with Gasteiger partial charge in [-0.15, -0.1) is 6.58 Å². The number of hydrogen-bond acceptors (Lipinski definition) is 2. The zero-order chi connectivity index (χ0) is 13.6. The van der Waals surface area contributed by atoms with Gasteiger partial charge in [0.25, 0.3) is 0 Å². The second-order valence-electron chi connectivity index (χ2n) is 5.54. The van der Waals surface area contributed by atoms with Crippen molar-refractivity contribution in [2.75, 3.05) is 19.6 Å². The van der Waals surface area contributed by atoms with Crippen LogP contribution in [0.15, 0.2) is 43.0 Å². The molecule has 0 spiro atoms. The third-order valence-electron chi connectivity index (χ3n) is 4.08. The molecule has 1 aromatic rings. The highest BCUT2D eigenvalue weighted by Gasteiger charge is 2.28. The molecule has 112 valence electrons. The Morgan fingerprint density at radius 2 is 1.80 bits per heavy atom. The molecule has 0 aliphatic carbocycles. The van der Waals surface area contributed by atoms with E-state index in [0.29, 0.717) is 6.42 Å². The summed E-state index contributed by atoms with van der Waals surface area (Å²) in [6, 6.07) is 10.00. The lowest BCUT2D eigenvalue weighted by Crippen LogP contribution is -3.00. The molecule has 1 fully saturated rings. The van der Waals surface area contributed by atoms with Gasteiger partial charge < -0.3 is 22.4 Å². The molecule has 1 unspecified atom stereocenters. The number of nitrogens with zero attached hydrogens (tertiary/aromatic N) is 1. The zero-order valence-electron chi connectivity index (χ0n) is 12.1. The van der Waals surface area contributed by atoms with Crippen molar-refractivity contribution in [3.63, 3.8) is 0 Å². The summed E-state index contributed by atoms with van der Waals surface area (Å²) in [6.45, 7) is 7.12. The van der Waals surface area contributed by atoms with Crippen LogP contribution in [0.2, 0.25) is 0 Å². The molecule has 1 N–H and O–H groups in total. The van der Waals surface area contributed by atoms with Gasteiger partial charge in [-0.05, 0) is 44.3 Å². The molecule has 2 nitrogen and oxygen atoms in total. The Morgan fingerprint density at radius 1 is 1.15 bits per heavy atom. The lowest BCUT2D eigenvalue weighted by Gasteiger charge is -2.32. The van der Waals surface area contributed by atoms with E-state index in [-0.39, 0.29) is 12.4 Å². The lowest BCUT2D eigenvalue weighted by molar-refractivity contribution is -0.0000241. The van der Waals surface area contributed by atoms with Crippen LogP contribution in [0.25, 0.3) is 0 Å². The minimum absolute atomic E-state index is 0. The van der Waals surface area contributed by atoms with Gasteiger partial charge in [0.15, 0.2) is 0 Å². The van der Waals surface area contributed by atoms with Gasteiger partial charge in [0.2, 0.25) is 0 Å². The minimum Gasteiger partial charge on any atom is -1.00 e. The minimum atomic E-state index is -0.763. The predicted molar refractivity (Wildman–Crippen MR) is 80.1 cm³/mol. The zero-order valence-corrected chi connectivity index (χ0v) is 12.9. The van der Waals surface area contributed by atoms with E-state index < -0.39 is 5.60 Å². The molecule has 0 radical (unpaired) electrons. The lowest BCUT2D eigenvalue weighted by atomic mass is 9.87. The van der Waals surface area contributed by atoms with Crippen LogP contribution in [0, 0.1) is 0 Å². The van der Waals surface area contributed by atoms with E-state index in [4.69, 9.17) is 0 Å². The van der Waals surface area contributed by atoms with Crippen LogP contribution in [0.4, 0.5) is 0 Å². The van der Waals surface area contributed by atoms with Crippen molar-refractivity contribution in [3.05, 3.63) is 48.6 Å². The molecule has 2 rings (SSSR count). The number of piperidine rings is 1. The van der Waals surface area contributed by atoms with Crippen LogP contribution < -0.4 is 12.4 Å². The van der Waals surface area contributed by atoms with Gasteiger partial charge >= 0.3 is 0 Å². The Kier molecular flexibility index (Phi) is 7.28. The van der Waals surface area contributed by atoms with Crippen molar-refractivity contribution in [3.8, 4) is 0 Å². The van der Waals surface area contributed by atoms with Crippen molar-refractivity contribution in [1.29, 1.82) is 0 Å². The molecule has 1 atom stereocenters. The summed E-state index contributed by atoms with van der Waals surface area (Å²) in [5.41, 5.74) is 0.243. The SMILES string of the molecule is C=CCC(O)(CCN1CCCCC1)c1ccccc1.[Cl-]. The molecule has 3 heteroatoms. The van der Waals surface area contributed by atoms with Crippen molar-refractivity contribution in [2.24, 2.45) is 0 Å². The molecule has 1 heterocycles. The second-order valence-corrected chi connectivity index (χ2v) is 5.54. The van der Waals surface area contributed by atoms with Crippen LogP contribution in [-0.2, 0) is 5.60 Å². The molecule has 1 saturated heterocycles. The van der Waals surface area contributed by atoms with Gasteiger partial charge in [-0.25, -0.2) is 0 Å². The summed E-state index contributed by atoms with van der Waals surface area (Å²) < 4.78 is 0. The van der Waals surface area contributed by atoms with Gasteiger partial charge in [0.1, 0.15) is 0 Å². The van der Waals surface area contributed by atoms with Gasteiger partial charge in [0, 0.05) is 6.54 Å². The maximum Gasteiger partial charge on any atom is 0.0942 e. The van der Waals surface area contributed by atoms with E-state index in [1.807, 2.05) is 36.4 Å². The summed E-state index contributed by atoms with van der Waals surface area (Å²) in [6.07, 6.45) is 7.17. The highest BCUT2D eigenvalue weighted by atomic mass is 35.5. The van der Waals surface area contributed by atoms with Crippen molar-refractivity contribution >= 4 is 0 Å². The average Bonchev–Trinajstić information content (AvgIpc) is 2.48. The summed E-state index contributed by atoms with van der Waals surface area (Å²) in [5, 5.41) is 10.9. The van der Waals surface area contributed by atoms with Crippen LogP contribution >= 0.6 is 0 Å². The number of benzene rings is 1. The maximum atomic E-state index is 10.9. The molecule has 1 aromatic carbocycles. The average molecular weight is 295 g/mol. The first-order chi connectivity index (χ1) is 9.24. The molecule has 0 aromatic heterocycles. The topological polar surface area (TPSA) is 23.5 Å². The molecule has 1 aliphatic rings. The Balaban J connectivity index is 0.00000200. The fraction of sp³-hybridized carbons (Fsp3) is 0.529. The first kappa shape index (κ1) is 17.2. The van der Waals surface area contributed by atoms with Crippen molar-refractivity contribution < 1.29 is 17.5 Å². The number of aliphatic hydroxyl groups is 1. The van der Waals surface area contributed by atoms with Crippen molar-refractivity contribution in [1.82, 2.24) is 4.90 Å². The molecular formula is C17H25ClNO-. The fourth-order valence-electron chi connectivity index (χ4n) is 2.88. The van der Waals surface area contributed by atoms with Crippen LogP contribution in [0.5, 0.6) is 0 Å². The third-order valence-corrected chi connectivity index (χ3v) is 4.08. The highest BCUT2D eigenvalue weighted by Crippen LogP contribution is 2.29. The first-order valence-corrected chi connectivity index (χ1v) is 7.36. The van der Waals surface area contributed by atoms with E-state index in [1.54, 1.807) is 0 Å². The number of halogens is 1. The Labute approximate surface area is 128 Å². The van der Waals surface area contributed by atoms with Gasteiger partial charge in [-0.3, -0.25) is 0 Å². The second kappa shape index (κ2) is 8.46. The number of rotatable bonds is 6. The highest BCUT2D eigenvalue weighted by molar-refractivity contribution is 5.23. The smallest absolute Gasteiger partial charge is 0.0942 e. The van der Waals surface area contributed by atoms with Gasteiger partial charge in [-0.2, -0.15) is 0 Å². The van der Waals surface area contributed by atoms with Crippen LogP contribution in [-0.4, -0.2) is 29.6 Å². The Morgan fingerprint density at radius 3 is 2.40 bits per heavy atom. The number of likely N-dealkylation sites (tertiary alicyclic amines) is 1. The summed E-state index contributed by atoms with van der Waals surface area (Å²) in [5.74, 6) is 0. The predicted octanol–water partition coefficient (Wildman–Crippen LogP) is 0.330. The third kappa shape index (κ3) is 4.62. The largest absolute Gasteiger partial charge is 1.00 e. The number of hydrogen-bond donors (Lipinski definition) is 1. The van der Waals surface area contributed by atoms with E-state index >= 15 is 0 Å². The van der Waals surface area contributed by atoms with Gasteiger partial charge in [-0.1, -0.05) is 42.8 Å². The fourth-order valence-corrected chi connectivity index (χ4v) is 2.88. The normalized spacial score (nSPS) is 18.9. The quantitative estimate of drug-likeness (QED) is 0.765. The van der Waals surface area contributed by atoms with Gasteiger partial charge in [0.05, 0.1) is 5.60 Å². The van der Waals surface area contributed by atoms with E-state index in [2.05, 4.69) is 11.5 Å². The molecule has 0 saturated carbocycles. The molecule has 0 bridgehead atoms. The monoisotopic (exact) mass is 294 g/mol. The van der Waals surface area contributed by atoms with E-state index in [9.17, 15) is 5.11 Å². The molecule has 0 amide bonds. The summed E-state index contributed by atoms with van der Waals surface area (Å²) in [4.78, 5) is 2.47. The Hall–Kier alpha value is -0.830. The molecule has 1 aliphatic heterocycles. The summed E-state index contributed by atoms with van der Waals surface area (Å²) in [7, 11) is 0. The molecular weight excluding hydrogens is 270 g/mol. The summed E-state index contributed by atoms with van der Waals surface area (Å²) >= 11 is 0.